The van der Waals surface area contributed by atoms with E-state index in [1.807, 2.05) is 21.1 Å². The average Bonchev–Trinajstić information content (AvgIpc) is 2.70. The summed E-state index contributed by atoms with van der Waals surface area (Å²) in [6, 6.07) is 0. The van der Waals surface area contributed by atoms with Gasteiger partial charge in [0.05, 0.1) is 34.7 Å². The van der Waals surface area contributed by atoms with Crippen molar-refractivity contribution in [2.45, 2.75) is 18.9 Å². The molecule has 0 saturated carbocycles. The minimum Gasteiger partial charge on any atom is -0.469 e. The molecule has 0 spiro atoms. The second kappa shape index (κ2) is 6.86. The van der Waals surface area contributed by atoms with E-state index in [-0.39, 0.29) is 18.0 Å². The van der Waals surface area contributed by atoms with Crippen molar-refractivity contribution < 1.29 is 23.5 Å². The zero-order valence-corrected chi connectivity index (χ0v) is 12.3. The van der Waals surface area contributed by atoms with Gasteiger partial charge in [0.2, 0.25) is 0 Å². The Morgan fingerprint density at radius 3 is 2.53 bits per heavy atom. The molecule has 0 aromatic heterocycles. The quantitative estimate of drug-likeness (QED) is 0.498. The van der Waals surface area contributed by atoms with Crippen molar-refractivity contribution in [2.24, 2.45) is 0 Å². The number of methoxy groups -OCH3 is 1. The lowest BCUT2D eigenvalue weighted by Crippen LogP contribution is -2.41. The molecule has 0 amide bonds. The average molecular weight is 273 g/mol. The van der Waals surface area contributed by atoms with Crippen LogP contribution in [0, 0.1) is 0 Å². The number of ether oxygens (including phenoxy) is 2. The third kappa shape index (κ3) is 6.54. The normalized spacial score (nSPS) is 20.3. The zero-order chi connectivity index (χ0) is 14.5. The summed E-state index contributed by atoms with van der Waals surface area (Å²) in [6.07, 6.45) is 1.18. The van der Waals surface area contributed by atoms with Gasteiger partial charge in [0.15, 0.2) is 6.54 Å². The molecule has 1 unspecified atom stereocenters. The van der Waals surface area contributed by atoms with Crippen LogP contribution in [0.1, 0.15) is 12.8 Å². The number of rotatable bonds is 6. The first kappa shape index (κ1) is 15.9. The summed E-state index contributed by atoms with van der Waals surface area (Å²) in [7, 11) is 7.26. The van der Waals surface area contributed by atoms with E-state index in [1.165, 1.54) is 7.11 Å². The predicted molar refractivity (Wildman–Crippen MR) is 70.5 cm³/mol. The van der Waals surface area contributed by atoms with Crippen LogP contribution < -0.4 is 0 Å². The zero-order valence-electron chi connectivity index (χ0n) is 12.3. The molecule has 6 heteroatoms. The molecule has 1 atom stereocenters. The molecule has 1 aliphatic heterocycles. The number of carbonyl (C=O) groups excluding carboxylic acids is 2. The molecule has 0 radical (unpaired) electrons. The Bertz CT molecular complexity index is 325. The minimum absolute atomic E-state index is 0.0447. The predicted octanol–water partition coefficient (Wildman–Crippen LogP) is -0.127. The molecule has 0 aliphatic carbocycles. The lowest BCUT2D eigenvalue weighted by Gasteiger charge is -2.23. The Morgan fingerprint density at radius 2 is 1.95 bits per heavy atom. The smallest absolute Gasteiger partial charge is 0.362 e. The van der Waals surface area contributed by atoms with Gasteiger partial charge in [-0.3, -0.25) is 9.69 Å². The fraction of sp³-hybridized carbons (Fsp3) is 0.846. The maximum atomic E-state index is 11.7. The largest absolute Gasteiger partial charge is 0.469 e. The van der Waals surface area contributed by atoms with Crippen molar-refractivity contribution in [2.75, 3.05) is 54.4 Å². The van der Waals surface area contributed by atoms with Crippen LogP contribution in [0.2, 0.25) is 0 Å². The van der Waals surface area contributed by atoms with Crippen LogP contribution in [0.25, 0.3) is 0 Å². The van der Waals surface area contributed by atoms with Crippen LogP contribution in [0.3, 0.4) is 0 Å². The van der Waals surface area contributed by atoms with Crippen LogP contribution in [-0.4, -0.2) is 81.9 Å². The van der Waals surface area contributed by atoms with E-state index in [2.05, 4.69) is 9.64 Å². The van der Waals surface area contributed by atoms with Crippen molar-refractivity contribution in [3.8, 4) is 0 Å². The molecule has 1 aliphatic rings. The fourth-order valence-electron chi connectivity index (χ4n) is 2.06. The van der Waals surface area contributed by atoms with Crippen molar-refractivity contribution >= 4 is 11.9 Å². The highest BCUT2D eigenvalue weighted by atomic mass is 16.5. The van der Waals surface area contributed by atoms with Crippen LogP contribution in [0.4, 0.5) is 0 Å². The monoisotopic (exact) mass is 273 g/mol. The van der Waals surface area contributed by atoms with Crippen LogP contribution in [0.5, 0.6) is 0 Å². The van der Waals surface area contributed by atoms with Gasteiger partial charge in [0.1, 0.15) is 6.10 Å². The first-order valence-corrected chi connectivity index (χ1v) is 6.59. The molecule has 0 bridgehead atoms. The highest BCUT2D eigenvalue weighted by Gasteiger charge is 2.27. The molecule has 1 heterocycles. The third-order valence-corrected chi connectivity index (χ3v) is 2.99. The summed E-state index contributed by atoms with van der Waals surface area (Å²) in [5.41, 5.74) is 0. The Balaban J connectivity index is 2.25. The Morgan fingerprint density at radius 1 is 1.26 bits per heavy atom. The molecular weight excluding hydrogens is 248 g/mol. The maximum absolute atomic E-state index is 11.7. The van der Waals surface area contributed by atoms with E-state index < -0.39 is 0 Å². The Kier molecular flexibility index (Phi) is 5.75. The third-order valence-electron chi connectivity index (χ3n) is 2.99. The van der Waals surface area contributed by atoms with Crippen LogP contribution in [0.15, 0.2) is 0 Å². The van der Waals surface area contributed by atoms with Gasteiger partial charge in [-0.1, -0.05) is 0 Å². The molecule has 0 aromatic carbocycles. The van der Waals surface area contributed by atoms with Crippen molar-refractivity contribution in [3.05, 3.63) is 0 Å². The molecule has 1 rings (SSSR count). The van der Waals surface area contributed by atoms with E-state index in [1.54, 1.807) is 0 Å². The lowest BCUT2D eigenvalue weighted by atomic mass is 10.3. The van der Waals surface area contributed by atoms with E-state index in [9.17, 15) is 9.59 Å². The number of hydrogen-bond acceptors (Lipinski definition) is 5. The molecule has 0 aromatic rings. The van der Waals surface area contributed by atoms with Gasteiger partial charge in [0, 0.05) is 19.6 Å². The highest BCUT2D eigenvalue weighted by molar-refractivity contribution is 5.71. The molecular formula is C13H25N2O4+. The number of likely N-dealkylation sites (tertiary alicyclic amines) is 1. The molecule has 110 valence electrons. The number of quaternary nitrogens is 1. The van der Waals surface area contributed by atoms with Crippen molar-refractivity contribution in [1.82, 2.24) is 4.90 Å². The molecule has 1 saturated heterocycles. The van der Waals surface area contributed by atoms with Crippen molar-refractivity contribution in [3.63, 3.8) is 0 Å². The summed E-state index contributed by atoms with van der Waals surface area (Å²) in [5.74, 6) is -0.363. The number of esters is 2. The van der Waals surface area contributed by atoms with E-state index in [0.717, 1.165) is 13.0 Å². The Hall–Kier alpha value is -1.14. The second-order valence-corrected chi connectivity index (χ2v) is 5.98. The first-order valence-electron chi connectivity index (χ1n) is 6.59. The standard InChI is InChI=1S/C13H25N2O4/c1-15(2,3)10-13(17)19-11-5-7-14(9-11)8-6-12(16)18-4/h11H,5-10H2,1-4H3/q+1. The van der Waals surface area contributed by atoms with Crippen LogP contribution in [-0.2, 0) is 19.1 Å². The van der Waals surface area contributed by atoms with Gasteiger partial charge in [-0.15, -0.1) is 0 Å². The molecule has 1 fully saturated rings. The number of likely N-dealkylation sites (N-methyl/N-ethyl adjacent to an activating group) is 1. The van der Waals surface area contributed by atoms with E-state index in [4.69, 9.17) is 4.74 Å². The number of hydrogen-bond donors (Lipinski definition) is 0. The number of carbonyl (C=O) groups is 2. The topological polar surface area (TPSA) is 55.8 Å². The lowest BCUT2D eigenvalue weighted by molar-refractivity contribution is -0.862. The summed E-state index contributed by atoms with van der Waals surface area (Å²) >= 11 is 0. The van der Waals surface area contributed by atoms with Gasteiger partial charge in [-0.25, -0.2) is 4.79 Å². The van der Waals surface area contributed by atoms with E-state index in [0.29, 0.717) is 30.5 Å². The number of nitrogens with zero attached hydrogens (tertiary/aromatic N) is 2. The first-order chi connectivity index (χ1) is 8.80. The summed E-state index contributed by atoms with van der Waals surface area (Å²) in [4.78, 5) is 24.9. The van der Waals surface area contributed by atoms with Gasteiger partial charge >= 0.3 is 11.9 Å². The van der Waals surface area contributed by atoms with E-state index >= 15 is 0 Å². The van der Waals surface area contributed by atoms with Gasteiger partial charge in [0.25, 0.3) is 0 Å². The highest BCUT2D eigenvalue weighted by Crippen LogP contribution is 2.13. The van der Waals surface area contributed by atoms with Crippen molar-refractivity contribution in [1.29, 1.82) is 0 Å². The van der Waals surface area contributed by atoms with Gasteiger partial charge in [-0.2, -0.15) is 0 Å². The Labute approximate surface area is 114 Å². The second-order valence-electron chi connectivity index (χ2n) is 5.98. The molecule has 0 N–H and O–H groups in total. The molecule has 19 heavy (non-hydrogen) atoms. The summed E-state index contributed by atoms with van der Waals surface area (Å²) in [5, 5.41) is 0. The summed E-state index contributed by atoms with van der Waals surface area (Å²) < 4.78 is 10.6. The minimum atomic E-state index is -0.203. The summed E-state index contributed by atoms with van der Waals surface area (Å²) in [6.45, 7) is 2.61. The van der Waals surface area contributed by atoms with Crippen LogP contribution >= 0.6 is 0 Å². The molecule has 6 nitrogen and oxygen atoms in total. The SMILES string of the molecule is COC(=O)CCN1CCC(OC(=O)C[N+](C)(C)C)C1. The van der Waals surface area contributed by atoms with Gasteiger partial charge in [-0.05, 0) is 6.42 Å². The maximum Gasteiger partial charge on any atom is 0.362 e. The van der Waals surface area contributed by atoms with Gasteiger partial charge < -0.3 is 14.0 Å². The fourth-order valence-corrected chi connectivity index (χ4v) is 2.06.